The number of imide groups is 1. The summed E-state index contributed by atoms with van der Waals surface area (Å²) in [5.41, 5.74) is -0.589. The Labute approximate surface area is 177 Å². The molecule has 1 aromatic rings. The summed E-state index contributed by atoms with van der Waals surface area (Å²) in [4.78, 5) is 52.0. The molecular formula is C20H22BrN3O5. The van der Waals surface area contributed by atoms with Crippen molar-refractivity contribution in [2.75, 3.05) is 11.5 Å². The molecule has 0 bridgehead atoms. The Morgan fingerprint density at radius 2 is 1.86 bits per heavy atom. The summed E-state index contributed by atoms with van der Waals surface area (Å²) in [6.45, 7) is 6.71. The number of esters is 1. The number of fused-ring (bicyclic) bond motifs is 1. The van der Waals surface area contributed by atoms with Crippen LogP contribution in [0.4, 0.5) is 5.69 Å². The first-order valence-corrected chi connectivity index (χ1v) is 10.1. The Morgan fingerprint density at radius 1 is 1.21 bits per heavy atom. The maximum Gasteiger partial charge on any atom is 0.355 e. The van der Waals surface area contributed by atoms with Crippen LogP contribution in [0.25, 0.3) is 0 Å². The molecule has 29 heavy (non-hydrogen) atoms. The van der Waals surface area contributed by atoms with Crippen LogP contribution in [0.15, 0.2) is 33.8 Å². The predicted molar refractivity (Wildman–Crippen MR) is 109 cm³/mol. The largest absolute Gasteiger partial charge is 0.461 e. The number of benzene rings is 1. The zero-order valence-electron chi connectivity index (χ0n) is 16.6. The number of carbonyl (C=O) groups is 4. The Morgan fingerprint density at radius 3 is 2.45 bits per heavy atom. The Hall–Kier alpha value is -2.55. The zero-order chi connectivity index (χ0) is 21.5. The van der Waals surface area contributed by atoms with Crippen LogP contribution in [-0.2, 0) is 23.9 Å². The standard InChI is InChI=1S/C20H22BrN3O5/c1-5-29-19(28)15-14-16(24(22-15)20(3,4)10-11(2)25)18(27)23(17(14)26)13-9-7-6-8-12(13)21/h6-9,14,16H,5,10H2,1-4H3. The summed E-state index contributed by atoms with van der Waals surface area (Å²) < 4.78 is 5.64. The maximum absolute atomic E-state index is 13.4. The van der Waals surface area contributed by atoms with Gasteiger partial charge < -0.3 is 4.74 Å². The van der Waals surface area contributed by atoms with Crippen LogP contribution >= 0.6 is 15.9 Å². The summed E-state index contributed by atoms with van der Waals surface area (Å²) in [5, 5.41) is 5.73. The number of halogens is 1. The number of rotatable bonds is 6. The van der Waals surface area contributed by atoms with Gasteiger partial charge in [0.05, 0.1) is 17.8 Å². The lowest BCUT2D eigenvalue weighted by Crippen LogP contribution is -2.50. The molecule has 1 saturated heterocycles. The number of amides is 2. The van der Waals surface area contributed by atoms with E-state index in [1.54, 1.807) is 45.0 Å². The van der Waals surface area contributed by atoms with Crippen molar-refractivity contribution in [3.8, 4) is 0 Å². The summed E-state index contributed by atoms with van der Waals surface area (Å²) in [7, 11) is 0. The van der Waals surface area contributed by atoms with E-state index in [1.165, 1.54) is 11.9 Å². The van der Waals surface area contributed by atoms with Gasteiger partial charge in [0.15, 0.2) is 5.71 Å². The van der Waals surface area contributed by atoms with Crippen LogP contribution in [0, 0.1) is 5.92 Å². The third kappa shape index (κ3) is 3.59. The van der Waals surface area contributed by atoms with Crippen molar-refractivity contribution < 1.29 is 23.9 Å². The SMILES string of the molecule is CCOC(=O)C1=NN(C(C)(C)CC(C)=O)C2C(=O)N(c3ccccc3Br)C(=O)C12. The molecule has 0 spiro atoms. The lowest BCUT2D eigenvalue weighted by molar-refractivity contribution is -0.136. The maximum atomic E-state index is 13.4. The predicted octanol–water partition coefficient (Wildman–Crippen LogP) is 2.30. The minimum Gasteiger partial charge on any atom is -0.461 e. The minimum atomic E-state index is -1.08. The van der Waals surface area contributed by atoms with Crippen LogP contribution in [0.1, 0.15) is 34.1 Å². The van der Waals surface area contributed by atoms with Crippen LogP contribution in [0.3, 0.4) is 0 Å². The van der Waals surface area contributed by atoms with E-state index in [0.29, 0.717) is 10.2 Å². The van der Waals surface area contributed by atoms with Crippen molar-refractivity contribution >= 4 is 50.9 Å². The van der Waals surface area contributed by atoms with E-state index in [-0.39, 0.29) is 24.5 Å². The molecule has 0 saturated carbocycles. The summed E-state index contributed by atoms with van der Waals surface area (Å²) in [6, 6.07) is 5.85. The molecule has 1 aromatic carbocycles. The third-order valence-electron chi connectivity index (χ3n) is 4.93. The van der Waals surface area contributed by atoms with Gasteiger partial charge in [-0.1, -0.05) is 12.1 Å². The molecule has 0 aromatic heterocycles. The van der Waals surface area contributed by atoms with E-state index in [2.05, 4.69) is 21.0 Å². The molecule has 2 heterocycles. The van der Waals surface area contributed by atoms with E-state index in [1.807, 2.05) is 0 Å². The lowest BCUT2D eigenvalue weighted by atomic mass is 9.92. The molecule has 0 aliphatic carbocycles. The number of carbonyl (C=O) groups excluding carboxylic acids is 4. The molecule has 0 radical (unpaired) electrons. The number of ketones is 1. The molecule has 2 aliphatic rings. The van der Waals surface area contributed by atoms with Crippen molar-refractivity contribution in [1.82, 2.24) is 5.01 Å². The van der Waals surface area contributed by atoms with E-state index in [9.17, 15) is 19.2 Å². The van der Waals surface area contributed by atoms with E-state index in [4.69, 9.17) is 4.74 Å². The lowest BCUT2D eigenvalue weighted by Gasteiger charge is -2.36. The van der Waals surface area contributed by atoms with Gasteiger partial charge in [-0.2, -0.15) is 5.10 Å². The minimum absolute atomic E-state index is 0.0919. The normalized spacial score (nSPS) is 21.3. The smallest absolute Gasteiger partial charge is 0.355 e. The van der Waals surface area contributed by atoms with Gasteiger partial charge in [-0.3, -0.25) is 19.4 Å². The number of Topliss-reactive ketones (excluding diaryl/α,β-unsaturated/α-hetero) is 1. The van der Waals surface area contributed by atoms with Gasteiger partial charge in [0.25, 0.3) is 5.91 Å². The molecule has 8 nitrogen and oxygen atoms in total. The molecule has 9 heteroatoms. The second-order valence-corrected chi connectivity index (χ2v) is 8.48. The number of nitrogens with zero attached hydrogens (tertiary/aromatic N) is 3. The molecule has 3 rings (SSSR count). The molecule has 2 atom stereocenters. The second kappa shape index (κ2) is 7.70. The molecule has 154 valence electrons. The Bertz CT molecular complexity index is 926. The number of hydrogen-bond acceptors (Lipinski definition) is 7. The molecule has 0 N–H and O–H groups in total. The van der Waals surface area contributed by atoms with Crippen molar-refractivity contribution in [3.05, 3.63) is 28.7 Å². The molecule has 2 unspecified atom stereocenters. The fourth-order valence-electron chi connectivity index (χ4n) is 3.86. The number of hydrogen-bond donors (Lipinski definition) is 0. The van der Waals surface area contributed by atoms with Gasteiger partial charge in [0, 0.05) is 10.9 Å². The van der Waals surface area contributed by atoms with Crippen molar-refractivity contribution in [2.45, 2.75) is 45.7 Å². The summed E-state index contributed by atoms with van der Waals surface area (Å²) in [5.74, 6) is -2.95. The van der Waals surface area contributed by atoms with Gasteiger partial charge in [-0.15, -0.1) is 0 Å². The first kappa shape index (κ1) is 21.2. The van der Waals surface area contributed by atoms with Crippen molar-refractivity contribution in [3.63, 3.8) is 0 Å². The summed E-state index contributed by atoms with van der Waals surface area (Å²) >= 11 is 3.37. The van der Waals surface area contributed by atoms with Crippen molar-refractivity contribution in [2.24, 2.45) is 11.0 Å². The van der Waals surface area contributed by atoms with Gasteiger partial charge in [0.1, 0.15) is 17.7 Å². The van der Waals surface area contributed by atoms with Crippen molar-refractivity contribution in [1.29, 1.82) is 0 Å². The van der Waals surface area contributed by atoms with E-state index < -0.39 is 35.3 Å². The Balaban J connectivity index is 2.09. The topological polar surface area (TPSA) is 96.3 Å². The van der Waals surface area contributed by atoms with Crippen LogP contribution in [-0.4, -0.2) is 52.5 Å². The average Bonchev–Trinajstić information content (AvgIpc) is 3.13. The highest BCUT2D eigenvalue weighted by Gasteiger charge is 2.61. The number of ether oxygens (including phenoxy) is 1. The first-order chi connectivity index (χ1) is 13.6. The molecule has 2 aliphatic heterocycles. The zero-order valence-corrected chi connectivity index (χ0v) is 18.2. The number of para-hydroxylation sites is 1. The fourth-order valence-corrected chi connectivity index (χ4v) is 4.32. The quantitative estimate of drug-likeness (QED) is 0.474. The highest BCUT2D eigenvalue weighted by Crippen LogP contribution is 2.41. The van der Waals surface area contributed by atoms with Gasteiger partial charge in [0.2, 0.25) is 5.91 Å². The van der Waals surface area contributed by atoms with E-state index >= 15 is 0 Å². The Kier molecular flexibility index (Phi) is 5.62. The summed E-state index contributed by atoms with van der Waals surface area (Å²) in [6.07, 6.45) is 0.103. The molecule has 1 fully saturated rings. The third-order valence-corrected chi connectivity index (χ3v) is 5.60. The van der Waals surface area contributed by atoms with Crippen LogP contribution in [0.2, 0.25) is 0 Å². The van der Waals surface area contributed by atoms with Crippen LogP contribution in [0.5, 0.6) is 0 Å². The van der Waals surface area contributed by atoms with Crippen LogP contribution < -0.4 is 4.90 Å². The molecule has 2 amide bonds. The second-order valence-electron chi connectivity index (χ2n) is 7.63. The van der Waals surface area contributed by atoms with E-state index in [0.717, 1.165) is 4.90 Å². The fraction of sp³-hybridized carbons (Fsp3) is 0.450. The number of hydrazone groups is 1. The first-order valence-electron chi connectivity index (χ1n) is 9.27. The highest BCUT2D eigenvalue weighted by molar-refractivity contribution is 9.10. The average molecular weight is 464 g/mol. The van der Waals surface area contributed by atoms with Gasteiger partial charge >= 0.3 is 5.97 Å². The highest BCUT2D eigenvalue weighted by atomic mass is 79.9. The molecular weight excluding hydrogens is 442 g/mol. The van der Waals surface area contributed by atoms with Gasteiger partial charge in [-0.25, -0.2) is 9.69 Å². The number of anilines is 1. The van der Waals surface area contributed by atoms with Gasteiger partial charge in [-0.05, 0) is 55.8 Å². The monoisotopic (exact) mass is 463 g/mol.